The minimum atomic E-state index is -1.01. The number of para-hydroxylation sites is 1. The van der Waals surface area contributed by atoms with Crippen molar-refractivity contribution in [2.75, 3.05) is 33.2 Å². The van der Waals surface area contributed by atoms with Crippen molar-refractivity contribution in [3.05, 3.63) is 68.3 Å². The average molecular weight is 467 g/mol. The predicted molar refractivity (Wildman–Crippen MR) is 121 cm³/mol. The highest BCUT2D eigenvalue weighted by molar-refractivity contribution is 5.98. The van der Waals surface area contributed by atoms with Gasteiger partial charge in [-0.05, 0) is 13.1 Å². The summed E-state index contributed by atoms with van der Waals surface area (Å²) < 4.78 is 1.68. The molecular weight excluding hydrogens is 446 g/mol. The lowest BCUT2D eigenvalue weighted by molar-refractivity contribution is -0.394. The van der Waals surface area contributed by atoms with Gasteiger partial charge in [0.2, 0.25) is 5.88 Å². The molecule has 34 heavy (non-hydrogen) atoms. The molecule has 1 amide bonds. The van der Waals surface area contributed by atoms with Crippen molar-refractivity contribution < 1.29 is 19.7 Å². The Balaban J connectivity index is 1.67. The van der Waals surface area contributed by atoms with Gasteiger partial charge in [-0.15, -0.1) is 10.2 Å². The van der Waals surface area contributed by atoms with Crippen molar-refractivity contribution in [1.29, 1.82) is 0 Å². The number of benzene rings is 2. The topological polar surface area (TPSA) is 160 Å². The van der Waals surface area contributed by atoms with Crippen LogP contribution in [0.15, 0.2) is 52.7 Å². The number of likely N-dealkylation sites (N-methyl/N-ethyl adjacent to an activating group) is 1. The summed E-state index contributed by atoms with van der Waals surface area (Å²) in [6, 6.07) is 9.66. The zero-order valence-electron chi connectivity index (χ0n) is 18.2. The molecule has 2 aromatic carbocycles. The lowest BCUT2D eigenvalue weighted by Gasteiger charge is -2.32. The number of aromatic nitrogens is 1. The van der Waals surface area contributed by atoms with Gasteiger partial charge in [0.25, 0.3) is 17.3 Å². The average Bonchev–Trinajstić information content (AvgIpc) is 3.09. The molecule has 4 rings (SSSR count). The Morgan fingerprint density at radius 1 is 1.03 bits per heavy atom. The van der Waals surface area contributed by atoms with Crippen LogP contribution in [0.3, 0.4) is 0 Å². The van der Waals surface area contributed by atoms with Gasteiger partial charge in [0, 0.05) is 43.7 Å². The number of hydrogen-bond donors (Lipinski definition) is 1. The first-order valence-corrected chi connectivity index (χ1v) is 10.4. The Bertz CT molecular complexity index is 1280. The number of amides is 1. The van der Waals surface area contributed by atoms with Crippen molar-refractivity contribution in [2.24, 2.45) is 10.2 Å². The number of aromatic hydroxyl groups is 1. The second-order valence-corrected chi connectivity index (χ2v) is 7.94. The van der Waals surface area contributed by atoms with Crippen molar-refractivity contribution >= 4 is 33.9 Å². The molecule has 3 aromatic rings. The summed E-state index contributed by atoms with van der Waals surface area (Å²) in [6.07, 6.45) is 0. The minimum Gasteiger partial charge on any atom is -0.493 e. The molecule has 1 aliphatic heterocycles. The quantitative estimate of drug-likeness (QED) is 0.328. The molecule has 2 heterocycles. The SMILES string of the molecule is CN1CCN(Cn2c(O)c(N=NC(=O)c3cc([N+](=O)[O-])cc([N+](=O)[O-])c3)c3ccccc32)CC1. The molecule has 0 unspecified atom stereocenters. The molecule has 13 nitrogen and oxygen atoms in total. The van der Waals surface area contributed by atoms with Crippen LogP contribution in [0.25, 0.3) is 10.9 Å². The van der Waals surface area contributed by atoms with E-state index < -0.39 is 27.1 Å². The van der Waals surface area contributed by atoms with Crippen LogP contribution in [0, 0.1) is 20.2 Å². The number of piperazine rings is 1. The first kappa shape index (κ1) is 22.9. The smallest absolute Gasteiger partial charge is 0.295 e. The zero-order chi connectivity index (χ0) is 24.4. The van der Waals surface area contributed by atoms with Crippen LogP contribution in [0.5, 0.6) is 5.88 Å². The second kappa shape index (κ2) is 9.33. The molecule has 0 radical (unpaired) electrons. The molecule has 0 spiro atoms. The highest BCUT2D eigenvalue weighted by Crippen LogP contribution is 2.39. The summed E-state index contributed by atoms with van der Waals surface area (Å²) in [5.41, 5.74) is -0.812. The number of non-ortho nitro benzene ring substituents is 2. The summed E-state index contributed by atoms with van der Waals surface area (Å²) in [4.78, 5) is 37.5. The van der Waals surface area contributed by atoms with E-state index in [-0.39, 0.29) is 17.1 Å². The summed E-state index contributed by atoms with van der Waals surface area (Å²) >= 11 is 0. The van der Waals surface area contributed by atoms with Crippen molar-refractivity contribution in [2.45, 2.75) is 6.67 Å². The van der Waals surface area contributed by atoms with E-state index >= 15 is 0 Å². The predicted octanol–water partition coefficient (Wildman–Crippen LogP) is 3.29. The number of carbonyl (C=O) groups excluding carboxylic acids is 1. The lowest BCUT2D eigenvalue weighted by Crippen LogP contribution is -2.44. The maximum absolute atomic E-state index is 12.6. The molecule has 1 saturated heterocycles. The molecule has 1 fully saturated rings. The standard InChI is InChI=1S/C21H21N7O6/c1-24-6-8-25(9-7-24)13-26-18-5-3-2-4-17(18)19(21(26)30)22-23-20(29)14-10-15(27(31)32)12-16(11-14)28(33)34/h2-5,10-12,30H,6-9,13H2,1H3. The second-order valence-electron chi connectivity index (χ2n) is 7.94. The zero-order valence-corrected chi connectivity index (χ0v) is 18.2. The van der Waals surface area contributed by atoms with Crippen LogP contribution in [0.1, 0.15) is 10.4 Å². The molecule has 1 N–H and O–H groups in total. The van der Waals surface area contributed by atoms with Crippen LogP contribution in [0.2, 0.25) is 0 Å². The number of rotatable bonds is 6. The van der Waals surface area contributed by atoms with Crippen molar-refractivity contribution in [3.63, 3.8) is 0 Å². The highest BCUT2D eigenvalue weighted by Gasteiger charge is 2.22. The molecular formula is C21H21N7O6. The number of hydrogen-bond acceptors (Lipinski definition) is 9. The van der Waals surface area contributed by atoms with Gasteiger partial charge in [0.1, 0.15) is 0 Å². The van der Waals surface area contributed by atoms with Crippen molar-refractivity contribution in [1.82, 2.24) is 14.4 Å². The van der Waals surface area contributed by atoms with E-state index in [2.05, 4.69) is 20.0 Å². The Morgan fingerprint density at radius 3 is 2.26 bits per heavy atom. The molecule has 0 bridgehead atoms. The molecule has 0 saturated carbocycles. The van der Waals surface area contributed by atoms with Gasteiger partial charge in [-0.25, -0.2) is 0 Å². The summed E-state index contributed by atoms with van der Waals surface area (Å²) in [5, 5.41) is 41.1. The Kier molecular flexibility index (Phi) is 6.30. The van der Waals surface area contributed by atoms with E-state index in [1.54, 1.807) is 16.7 Å². The van der Waals surface area contributed by atoms with Gasteiger partial charge in [-0.2, -0.15) is 0 Å². The first-order valence-electron chi connectivity index (χ1n) is 10.4. The third kappa shape index (κ3) is 4.60. The fourth-order valence-corrected chi connectivity index (χ4v) is 3.79. The maximum Gasteiger partial charge on any atom is 0.295 e. The van der Waals surface area contributed by atoms with E-state index in [4.69, 9.17) is 0 Å². The minimum absolute atomic E-state index is 0.0676. The fourth-order valence-electron chi connectivity index (χ4n) is 3.79. The number of nitro groups is 2. The highest BCUT2D eigenvalue weighted by atomic mass is 16.6. The number of nitro benzene ring substituents is 2. The van der Waals surface area contributed by atoms with Crippen LogP contribution >= 0.6 is 0 Å². The van der Waals surface area contributed by atoms with Crippen molar-refractivity contribution in [3.8, 4) is 5.88 Å². The normalized spacial score (nSPS) is 15.2. The Labute approximate surface area is 192 Å². The van der Waals surface area contributed by atoms with Crippen LogP contribution in [-0.2, 0) is 6.67 Å². The summed E-state index contributed by atoms with van der Waals surface area (Å²) in [5.74, 6) is -1.19. The van der Waals surface area contributed by atoms with Gasteiger partial charge >= 0.3 is 0 Å². The van der Waals surface area contributed by atoms with Gasteiger partial charge in [-0.3, -0.25) is 34.5 Å². The molecule has 1 aromatic heterocycles. The lowest BCUT2D eigenvalue weighted by atomic mass is 10.1. The van der Waals surface area contributed by atoms with E-state index in [0.29, 0.717) is 17.6 Å². The van der Waals surface area contributed by atoms with Gasteiger partial charge in [0.05, 0.1) is 33.7 Å². The van der Waals surface area contributed by atoms with Crippen LogP contribution < -0.4 is 0 Å². The summed E-state index contributed by atoms with van der Waals surface area (Å²) in [6.45, 7) is 3.86. The third-order valence-corrected chi connectivity index (χ3v) is 5.67. The van der Waals surface area contributed by atoms with Gasteiger partial charge in [-0.1, -0.05) is 18.2 Å². The number of carbonyl (C=O) groups is 1. The van der Waals surface area contributed by atoms with E-state index in [1.807, 2.05) is 19.2 Å². The fraction of sp³-hybridized carbons (Fsp3) is 0.286. The number of fused-ring (bicyclic) bond motifs is 1. The van der Waals surface area contributed by atoms with E-state index in [1.165, 1.54) is 0 Å². The van der Waals surface area contributed by atoms with Gasteiger partial charge < -0.3 is 10.0 Å². The number of azo groups is 1. The van der Waals surface area contributed by atoms with Gasteiger partial charge in [0.15, 0.2) is 5.69 Å². The molecule has 13 heteroatoms. The molecule has 1 aliphatic rings. The largest absolute Gasteiger partial charge is 0.493 e. The first-order chi connectivity index (χ1) is 16.2. The molecule has 0 atom stereocenters. The van der Waals surface area contributed by atoms with Crippen LogP contribution in [0.4, 0.5) is 17.1 Å². The molecule has 0 aliphatic carbocycles. The summed E-state index contributed by atoms with van der Waals surface area (Å²) in [7, 11) is 2.05. The third-order valence-electron chi connectivity index (χ3n) is 5.67. The maximum atomic E-state index is 12.6. The Hall–Kier alpha value is -4.23. The van der Waals surface area contributed by atoms with Crippen LogP contribution in [-0.4, -0.2) is 68.5 Å². The number of nitrogens with zero attached hydrogens (tertiary/aromatic N) is 7. The Morgan fingerprint density at radius 2 is 1.65 bits per heavy atom. The van der Waals surface area contributed by atoms with E-state index in [9.17, 15) is 30.1 Å². The molecule has 176 valence electrons. The monoisotopic (exact) mass is 467 g/mol. The van der Waals surface area contributed by atoms with E-state index in [0.717, 1.165) is 44.4 Å².